The van der Waals surface area contributed by atoms with E-state index in [1.807, 2.05) is 32.0 Å². The Morgan fingerprint density at radius 2 is 2.03 bits per heavy atom. The molecule has 1 aliphatic carbocycles. The van der Waals surface area contributed by atoms with Crippen LogP contribution in [0.4, 0.5) is 10.5 Å². The zero-order valence-corrected chi connectivity index (χ0v) is 18.4. The Labute approximate surface area is 176 Å². The van der Waals surface area contributed by atoms with Crippen molar-refractivity contribution >= 4 is 21.7 Å². The summed E-state index contributed by atoms with van der Waals surface area (Å²) in [5.41, 5.74) is 2.42. The highest BCUT2D eigenvalue weighted by Crippen LogP contribution is 2.50. The van der Waals surface area contributed by atoms with Gasteiger partial charge >= 0.3 is 6.03 Å². The topological polar surface area (TPSA) is 117 Å². The summed E-state index contributed by atoms with van der Waals surface area (Å²) < 4.78 is 31.2. The van der Waals surface area contributed by atoms with Crippen LogP contribution in [0.5, 0.6) is 0 Å². The van der Waals surface area contributed by atoms with Crippen LogP contribution in [0.15, 0.2) is 22.7 Å². The molecule has 0 bridgehead atoms. The molecule has 4 rings (SSSR count). The Balaban J connectivity index is 1.50. The van der Waals surface area contributed by atoms with Crippen LogP contribution in [0.25, 0.3) is 0 Å². The number of anilines is 1. The molecule has 1 saturated heterocycles. The van der Waals surface area contributed by atoms with Gasteiger partial charge in [-0.1, -0.05) is 11.2 Å². The number of benzene rings is 1. The molecular formula is C20H27N5O4S. The lowest BCUT2D eigenvalue weighted by Crippen LogP contribution is -2.40. The van der Waals surface area contributed by atoms with Crippen LogP contribution in [-0.4, -0.2) is 54.3 Å². The number of nitrogens with one attached hydrogen (secondary N) is 2. The first kappa shape index (κ1) is 20.8. The Morgan fingerprint density at radius 3 is 2.67 bits per heavy atom. The van der Waals surface area contributed by atoms with E-state index in [4.69, 9.17) is 4.52 Å². The minimum Gasteiger partial charge on any atom is -0.339 e. The van der Waals surface area contributed by atoms with E-state index in [1.165, 1.54) is 10.6 Å². The summed E-state index contributed by atoms with van der Waals surface area (Å²) in [6.07, 6.45) is 2.41. The number of carbonyl (C=O) groups is 1. The van der Waals surface area contributed by atoms with Crippen LogP contribution in [-0.2, 0) is 15.4 Å². The van der Waals surface area contributed by atoms with E-state index < -0.39 is 15.4 Å². The van der Waals surface area contributed by atoms with E-state index >= 15 is 0 Å². The first-order valence-corrected chi connectivity index (χ1v) is 11.8. The molecule has 1 aromatic heterocycles. The van der Waals surface area contributed by atoms with E-state index in [0.717, 1.165) is 16.8 Å². The van der Waals surface area contributed by atoms with Gasteiger partial charge in [0.25, 0.3) is 0 Å². The van der Waals surface area contributed by atoms with Crippen LogP contribution in [0, 0.1) is 26.7 Å². The number of sulfonamides is 1. The van der Waals surface area contributed by atoms with Gasteiger partial charge in [-0.25, -0.2) is 17.5 Å². The van der Waals surface area contributed by atoms with Crippen molar-refractivity contribution in [2.45, 2.75) is 45.1 Å². The van der Waals surface area contributed by atoms with Crippen LogP contribution < -0.4 is 10.6 Å². The zero-order chi connectivity index (χ0) is 21.7. The molecule has 0 unspecified atom stereocenters. The highest BCUT2D eigenvalue weighted by atomic mass is 32.2. The monoisotopic (exact) mass is 433 g/mol. The molecule has 2 aliphatic rings. The maximum atomic E-state index is 12.6. The Hall–Kier alpha value is -2.46. The van der Waals surface area contributed by atoms with Crippen LogP contribution in [0.1, 0.15) is 35.7 Å². The fraction of sp³-hybridized carbons (Fsp3) is 0.550. The first-order chi connectivity index (χ1) is 14.1. The van der Waals surface area contributed by atoms with Crippen LogP contribution in [0.2, 0.25) is 0 Å². The second-order valence-corrected chi connectivity index (χ2v) is 10.6. The van der Waals surface area contributed by atoms with Crippen molar-refractivity contribution in [3.8, 4) is 0 Å². The second kappa shape index (κ2) is 7.35. The molecule has 162 valence electrons. The molecule has 9 nitrogen and oxygen atoms in total. The molecule has 2 amide bonds. The van der Waals surface area contributed by atoms with Gasteiger partial charge in [-0.3, -0.25) is 0 Å². The second-order valence-electron chi connectivity index (χ2n) is 8.59. The maximum Gasteiger partial charge on any atom is 0.319 e. The molecule has 1 aliphatic heterocycles. The molecule has 1 aromatic carbocycles. The summed E-state index contributed by atoms with van der Waals surface area (Å²) in [5.74, 6) is 0.967. The van der Waals surface area contributed by atoms with Gasteiger partial charge in [0.15, 0.2) is 5.82 Å². The molecule has 10 heteroatoms. The average Bonchev–Trinajstić information content (AvgIpc) is 3.30. The molecule has 30 heavy (non-hydrogen) atoms. The lowest BCUT2D eigenvalue weighted by molar-refractivity contribution is 0.244. The summed E-state index contributed by atoms with van der Waals surface area (Å²) in [5, 5.41) is 9.83. The van der Waals surface area contributed by atoms with Gasteiger partial charge in [-0.2, -0.15) is 4.98 Å². The van der Waals surface area contributed by atoms with Gasteiger partial charge in [0.1, 0.15) is 0 Å². The molecule has 2 heterocycles. The van der Waals surface area contributed by atoms with Gasteiger partial charge < -0.3 is 15.2 Å². The van der Waals surface area contributed by atoms with Crippen molar-refractivity contribution in [3.05, 3.63) is 41.0 Å². The predicted octanol–water partition coefficient (Wildman–Crippen LogP) is 2.11. The van der Waals surface area contributed by atoms with Gasteiger partial charge in [0, 0.05) is 24.8 Å². The smallest absolute Gasteiger partial charge is 0.319 e. The van der Waals surface area contributed by atoms with Gasteiger partial charge in [-0.05, 0) is 62.8 Å². The van der Waals surface area contributed by atoms with Gasteiger partial charge in [0.2, 0.25) is 15.9 Å². The van der Waals surface area contributed by atoms with Crippen molar-refractivity contribution in [2.24, 2.45) is 5.92 Å². The zero-order valence-electron chi connectivity index (χ0n) is 17.6. The van der Waals surface area contributed by atoms with Crippen molar-refractivity contribution < 1.29 is 17.7 Å². The quantitative estimate of drug-likeness (QED) is 0.763. The number of aryl methyl sites for hydroxylation is 3. The predicted molar refractivity (Wildman–Crippen MR) is 112 cm³/mol. The van der Waals surface area contributed by atoms with E-state index in [0.29, 0.717) is 31.1 Å². The third-order valence-corrected chi connectivity index (χ3v) is 7.58. The minimum atomic E-state index is -3.33. The number of carbonyl (C=O) groups excluding carboxylic acids is 1. The highest BCUT2D eigenvalue weighted by Gasteiger charge is 2.59. The number of aromatic nitrogens is 2. The van der Waals surface area contributed by atoms with Gasteiger partial charge in [0.05, 0.1) is 11.7 Å². The van der Waals surface area contributed by atoms with Crippen LogP contribution >= 0.6 is 0 Å². The van der Waals surface area contributed by atoms with E-state index in [1.54, 1.807) is 6.92 Å². The number of hydrogen-bond donors (Lipinski definition) is 2. The SMILES string of the molecule is Cc1noc([C@]23C[C@H](NC(=O)Nc4ccc(C)c(C)c4)C[C@H]2CN(S(C)(=O)=O)C3)n1. The Kier molecular flexibility index (Phi) is 5.09. The van der Waals surface area contributed by atoms with Gasteiger partial charge in [-0.15, -0.1) is 0 Å². The molecular weight excluding hydrogens is 406 g/mol. The lowest BCUT2D eigenvalue weighted by atomic mass is 9.80. The van der Waals surface area contributed by atoms with E-state index in [9.17, 15) is 13.2 Å². The number of urea groups is 1. The van der Waals surface area contributed by atoms with E-state index in [-0.39, 0.29) is 24.5 Å². The number of rotatable bonds is 4. The summed E-state index contributed by atoms with van der Waals surface area (Å²) >= 11 is 0. The summed E-state index contributed by atoms with van der Waals surface area (Å²) in [6.45, 7) is 6.44. The minimum absolute atomic E-state index is 0.000931. The highest BCUT2D eigenvalue weighted by molar-refractivity contribution is 7.88. The Bertz CT molecular complexity index is 1080. The van der Waals surface area contributed by atoms with Crippen molar-refractivity contribution in [1.29, 1.82) is 0 Å². The first-order valence-electron chi connectivity index (χ1n) is 9.97. The normalized spacial score (nSPS) is 26.5. The fourth-order valence-corrected chi connectivity index (χ4v) is 5.61. The van der Waals surface area contributed by atoms with Crippen molar-refractivity contribution in [2.75, 3.05) is 24.7 Å². The number of amides is 2. The summed E-state index contributed by atoms with van der Waals surface area (Å²) in [6, 6.07) is 5.39. The number of fused-ring (bicyclic) bond motifs is 1. The number of hydrogen-bond acceptors (Lipinski definition) is 6. The maximum absolute atomic E-state index is 12.6. The summed E-state index contributed by atoms with van der Waals surface area (Å²) in [4.78, 5) is 17.0. The molecule has 2 fully saturated rings. The van der Waals surface area contributed by atoms with Crippen LogP contribution in [0.3, 0.4) is 0 Å². The number of nitrogens with zero attached hydrogens (tertiary/aromatic N) is 3. The average molecular weight is 434 g/mol. The third kappa shape index (κ3) is 3.81. The van der Waals surface area contributed by atoms with Crippen molar-refractivity contribution in [1.82, 2.24) is 19.8 Å². The van der Waals surface area contributed by atoms with E-state index in [2.05, 4.69) is 20.8 Å². The fourth-order valence-electron chi connectivity index (χ4n) is 4.69. The Morgan fingerprint density at radius 1 is 1.27 bits per heavy atom. The lowest BCUT2D eigenvalue weighted by Gasteiger charge is -2.24. The molecule has 3 atom stereocenters. The third-order valence-electron chi connectivity index (χ3n) is 6.37. The molecule has 2 N–H and O–H groups in total. The summed E-state index contributed by atoms with van der Waals surface area (Å²) in [7, 11) is -3.33. The molecule has 1 saturated carbocycles. The standard InChI is InChI=1S/C20H27N5O4S/c1-12-5-6-16(7-13(12)2)22-19(26)23-17-8-15-10-25(30(4,27)28)11-20(15,9-17)18-21-14(3)24-29-18/h5-7,15,17H,8-11H2,1-4H3,(H2,22,23,26)/t15-,17+,20-/m0/s1. The molecule has 0 spiro atoms. The largest absolute Gasteiger partial charge is 0.339 e. The van der Waals surface area contributed by atoms with Crippen molar-refractivity contribution in [3.63, 3.8) is 0 Å². The molecule has 2 aromatic rings. The molecule has 0 radical (unpaired) electrons.